The van der Waals surface area contributed by atoms with Gasteiger partial charge in [0, 0.05) is 6.07 Å². The molecule has 27 heavy (non-hydrogen) atoms. The molecule has 0 aliphatic carbocycles. The smallest absolute Gasteiger partial charge is 0.278 e. The second-order valence-electron chi connectivity index (χ2n) is 5.93. The van der Waals surface area contributed by atoms with E-state index in [1.807, 2.05) is 24.3 Å². The largest absolute Gasteiger partial charge is 0.489 e. The number of hydrogen-bond donors (Lipinski definition) is 1. The van der Waals surface area contributed by atoms with Crippen LogP contribution < -0.4 is 10.1 Å². The van der Waals surface area contributed by atoms with Crippen molar-refractivity contribution in [3.05, 3.63) is 76.7 Å². The Bertz CT molecular complexity index is 952. The van der Waals surface area contributed by atoms with Crippen molar-refractivity contribution in [3.63, 3.8) is 0 Å². The lowest BCUT2D eigenvalue weighted by Gasteiger charge is -2.08. The van der Waals surface area contributed by atoms with Gasteiger partial charge in [-0.15, -0.1) is 0 Å². The lowest BCUT2D eigenvalue weighted by Crippen LogP contribution is -2.16. The number of anilines is 1. The summed E-state index contributed by atoms with van der Waals surface area (Å²) in [5.41, 5.74) is 1.48. The van der Waals surface area contributed by atoms with Crippen LogP contribution in [0.15, 0.2) is 47.0 Å². The molecular weight excluding hydrogens is 354 g/mol. The van der Waals surface area contributed by atoms with Crippen LogP contribution in [0.3, 0.4) is 0 Å². The van der Waals surface area contributed by atoms with Crippen molar-refractivity contribution in [2.75, 3.05) is 5.32 Å². The van der Waals surface area contributed by atoms with Crippen LogP contribution in [0.5, 0.6) is 5.75 Å². The van der Waals surface area contributed by atoms with Crippen molar-refractivity contribution in [2.24, 2.45) is 0 Å². The van der Waals surface area contributed by atoms with Crippen LogP contribution >= 0.6 is 0 Å². The number of aromatic nitrogens is 1. The molecule has 1 N–H and O–H groups in total. The van der Waals surface area contributed by atoms with Gasteiger partial charge in [-0.05, 0) is 43.2 Å². The van der Waals surface area contributed by atoms with E-state index in [-0.39, 0.29) is 18.0 Å². The second-order valence-corrected chi connectivity index (χ2v) is 5.93. The summed E-state index contributed by atoms with van der Waals surface area (Å²) in [6.45, 7) is 3.78. The predicted octanol–water partition coefficient (Wildman–Crippen LogP) is 4.65. The summed E-state index contributed by atoms with van der Waals surface area (Å²) in [4.78, 5) is 12.4. The minimum atomic E-state index is -0.877. The summed E-state index contributed by atoms with van der Waals surface area (Å²) in [6, 6.07) is 10.5. The first-order valence-corrected chi connectivity index (χ1v) is 8.41. The number of nitrogens with zero attached hydrogens (tertiary/aromatic N) is 1. The van der Waals surface area contributed by atoms with E-state index in [0.717, 1.165) is 18.6 Å². The second kappa shape index (κ2) is 7.99. The third-order valence-corrected chi connectivity index (χ3v) is 4.09. The zero-order chi connectivity index (χ0) is 19.4. The van der Waals surface area contributed by atoms with Gasteiger partial charge in [0.25, 0.3) is 5.91 Å². The van der Waals surface area contributed by atoms with Gasteiger partial charge in [-0.25, -0.2) is 8.78 Å². The molecule has 0 unspecified atom stereocenters. The molecule has 0 bridgehead atoms. The van der Waals surface area contributed by atoms with Crippen molar-refractivity contribution in [3.8, 4) is 5.75 Å². The van der Waals surface area contributed by atoms with Crippen LogP contribution in [-0.2, 0) is 13.0 Å². The van der Waals surface area contributed by atoms with Crippen LogP contribution in [0, 0.1) is 18.6 Å². The Morgan fingerprint density at radius 1 is 1.19 bits per heavy atom. The molecule has 2 aromatic carbocycles. The number of rotatable bonds is 6. The topological polar surface area (TPSA) is 64.4 Å². The highest BCUT2D eigenvalue weighted by atomic mass is 19.1. The number of carbonyl (C=O) groups is 1. The summed E-state index contributed by atoms with van der Waals surface area (Å²) in [5.74, 6) is -1.21. The number of carbonyl (C=O) groups excluding carboxylic acids is 1. The lowest BCUT2D eigenvalue weighted by molar-refractivity contribution is 0.101. The van der Waals surface area contributed by atoms with E-state index in [1.165, 1.54) is 5.56 Å². The summed E-state index contributed by atoms with van der Waals surface area (Å²) < 4.78 is 37.5. The van der Waals surface area contributed by atoms with Crippen LogP contribution in [0.2, 0.25) is 0 Å². The highest BCUT2D eigenvalue weighted by Gasteiger charge is 2.21. The van der Waals surface area contributed by atoms with Crippen molar-refractivity contribution < 1.29 is 22.8 Å². The molecule has 0 aliphatic rings. The molecule has 0 saturated heterocycles. The van der Waals surface area contributed by atoms with Gasteiger partial charge in [0.05, 0.1) is 11.3 Å². The normalized spacial score (nSPS) is 10.7. The third-order valence-electron chi connectivity index (χ3n) is 4.09. The van der Waals surface area contributed by atoms with Crippen molar-refractivity contribution in [2.45, 2.75) is 26.9 Å². The maximum atomic E-state index is 13.7. The Morgan fingerprint density at radius 3 is 2.59 bits per heavy atom. The molecule has 0 radical (unpaired) electrons. The van der Waals surface area contributed by atoms with E-state index in [9.17, 15) is 13.6 Å². The van der Waals surface area contributed by atoms with Crippen LogP contribution in [0.25, 0.3) is 0 Å². The van der Waals surface area contributed by atoms with E-state index in [1.54, 1.807) is 6.92 Å². The van der Waals surface area contributed by atoms with E-state index in [0.29, 0.717) is 23.1 Å². The molecule has 3 aromatic rings. The molecular formula is C20H18F2N2O3. The monoisotopic (exact) mass is 372 g/mol. The average molecular weight is 372 g/mol. The molecule has 3 rings (SSSR count). The Balaban J connectivity index is 1.74. The molecule has 7 heteroatoms. The van der Waals surface area contributed by atoms with Gasteiger partial charge >= 0.3 is 0 Å². The molecule has 0 atom stereocenters. The van der Waals surface area contributed by atoms with Crippen LogP contribution in [0.4, 0.5) is 14.5 Å². The number of nitrogens with one attached hydrogen (secondary N) is 1. The van der Waals surface area contributed by atoms with Gasteiger partial charge in [-0.2, -0.15) is 0 Å². The van der Waals surface area contributed by atoms with Crippen molar-refractivity contribution in [1.29, 1.82) is 0 Å². The van der Waals surface area contributed by atoms with Crippen molar-refractivity contribution >= 4 is 11.6 Å². The summed E-state index contributed by atoms with van der Waals surface area (Å²) in [5, 5.41) is 6.10. The number of ether oxygens (including phenoxy) is 1. The number of benzene rings is 2. The fourth-order valence-corrected chi connectivity index (χ4v) is 2.49. The number of hydrogen-bond acceptors (Lipinski definition) is 4. The first-order valence-electron chi connectivity index (χ1n) is 8.41. The van der Waals surface area contributed by atoms with E-state index < -0.39 is 17.5 Å². The van der Waals surface area contributed by atoms with E-state index >= 15 is 0 Å². The number of aryl methyl sites for hydroxylation is 2. The van der Waals surface area contributed by atoms with Crippen LogP contribution in [-0.4, -0.2) is 11.1 Å². The van der Waals surface area contributed by atoms with Gasteiger partial charge in [0.2, 0.25) is 0 Å². The van der Waals surface area contributed by atoms with Gasteiger partial charge in [-0.3, -0.25) is 4.79 Å². The molecule has 0 saturated carbocycles. The summed E-state index contributed by atoms with van der Waals surface area (Å²) in [6.07, 6.45) is 0.926. The zero-order valence-corrected chi connectivity index (χ0v) is 14.9. The highest BCUT2D eigenvalue weighted by molar-refractivity contribution is 6.03. The molecule has 1 amide bonds. The standard InChI is InChI=1S/C20H18F2N2O3/c1-3-13-4-7-15(8-5-13)26-11-16-12(2)27-24-19(16)20(25)23-18-9-6-14(21)10-17(18)22/h4-10H,3,11H2,1-2H3,(H,23,25). The molecule has 0 aliphatic heterocycles. The molecule has 1 aromatic heterocycles. The van der Waals surface area contributed by atoms with Gasteiger partial charge in [-0.1, -0.05) is 24.2 Å². The number of amides is 1. The Hall–Kier alpha value is -3.22. The molecule has 1 heterocycles. The Morgan fingerprint density at radius 2 is 1.93 bits per heavy atom. The Labute approximate surface area is 154 Å². The summed E-state index contributed by atoms with van der Waals surface area (Å²) >= 11 is 0. The van der Waals surface area contributed by atoms with Gasteiger partial charge < -0.3 is 14.6 Å². The number of halogens is 2. The quantitative estimate of drug-likeness (QED) is 0.684. The maximum Gasteiger partial charge on any atom is 0.278 e. The minimum Gasteiger partial charge on any atom is -0.489 e. The maximum absolute atomic E-state index is 13.7. The zero-order valence-electron chi connectivity index (χ0n) is 14.9. The Kier molecular flexibility index (Phi) is 5.49. The van der Waals surface area contributed by atoms with Crippen LogP contribution in [0.1, 0.15) is 34.3 Å². The fourth-order valence-electron chi connectivity index (χ4n) is 2.49. The predicted molar refractivity (Wildman–Crippen MR) is 95.7 cm³/mol. The first kappa shape index (κ1) is 18.6. The van der Waals surface area contributed by atoms with Gasteiger partial charge in [0.15, 0.2) is 5.69 Å². The van der Waals surface area contributed by atoms with Crippen molar-refractivity contribution in [1.82, 2.24) is 5.16 Å². The minimum absolute atomic E-state index is 0.0126. The van der Waals surface area contributed by atoms with E-state index in [2.05, 4.69) is 17.4 Å². The average Bonchev–Trinajstić information content (AvgIpc) is 3.03. The summed E-state index contributed by atoms with van der Waals surface area (Å²) in [7, 11) is 0. The molecule has 5 nitrogen and oxygen atoms in total. The molecule has 0 spiro atoms. The highest BCUT2D eigenvalue weighted by Crippen LogP contribution is 2.21. The molecule has 140 valence electrons. The SMILES string of the molecule is CCc1ccc(OCc2c(C(=O)Nc3ccc(F)cc3F)noc2C)cc1. The van der Waals surface area contributed by atoms with Gasteiger partial charge in [0.1, 0.15) is 29.8 Å². The first-order chi connectivity index (χ1) is 13.0. The third kappa shape index (κ3) is 4.31. The lowest BCUT2D eigenvalue weighted by atomic mass is 10.1. The fraction of sp³-hybridized carbons (Fsp3) is 0.200. The molecule has 0 fully saturated rings. The van der Waals surface area contributed by atoms with E-state index in [4.69, 9.17) is 9.26 Å².